The van der Waals surface area contributed by atoms with Crippen molar-refractivity contribution in [1.29, 1.82) is 0 Å². The number of Topliss-reactive ketones (excluding diaryl/α,β-unsaturated/α-hetero) is 1. The highest BCUT2D eigenvalue weighted by Crippen LogP contribution is 2.43. The quantitative estimate of drug-likeness (QED) is 0.304. The summed E-state index contributed by atoms with van der Waals surface area (Å²) in [7, 11) is 0. The molecule has 0 aromatic heterocycles. The summed E-state index contributed by atoms with van der Waals surface area (Å²) in [6, 6.07) is 21.1. The van der Waals surface area contributed by atoms with E-state index in [1.807, 2.05) is 55.5 Å². The Labute approximate surface area is 194 Å². The molecule has 6 heteroatoms. The van der Waals surface area contributed by atoms with E-state index in [4.69, 9.17) is 4.74 Å². The third kappa shape index (κ3) is 3.41. The molecule has 1 N–H and O–H groups in total. The molecule has 2 aliphatic heterocycles. The molecule has 5 rings (SSSR count). The summed E-state index contributed by atoms with van der Waals surface area (Å²) in [6.45, 7) is 1.98. The van der Waals surface area contributed by atoms with Gasteiger partial charge in [-0.15, -0.1) is 0 Å². The van der Waals surface area contributed by atoms with E-state index in [1.54, 1.807) is 24.3 Å². The Kier molecular flexibility index (Phi) is 5.10. The van der Waals surface area contributed by atoms with Gasteiger partial charge in [0.1, 0.15) is 17.6 Å². The maximum atomic E-state index is 13.2. The summed E-state index contributed by atoms with van der Waals surface area (Å²) in [5, 5.41) is 11.3. The van der Waals surface area contributed by atoms with Crippen LogP contribution in [0.25, 0.3) is 5.76 Å². The fourth-order valence-electron chi connectivity index (χ4n) is 4.37. The SMILES string of the molecule is CC1Cc2cc(/C(O)=C3/C(=O)C(=O)N(c4ccccc4)C3c3ccc(Br)cc3)ccc2O1. The number of nitrogens with zero attached hydrogens (tertiary/aromatic N) is 1. The molecule has 2 aliphatic rings. The first-order valence-corrected chi connectivity index (χ1v) is 11.1. The number of aliphatic hydroxyl groups excluding tert-OH is 1. The molecule has 0 spiro atoms. The molecule has 0 aliphatic carbocycles. The Hall–Kier alpha value is -3.38. The van der Waals surface area contributed by atoms with Gasteiger partial charge in [0.05, 0.1) is 11.6 Å². The van der Waals surface area contributed by atoms with Crippen LogP contribution in [0.15, 0.2) is 82.8 Å². The summed E-state index contributed by atoms with van der Waals surface area (Å²) >= 11 is 3.43. The summed E-state index contributed by atoms with van der Waals surface area (Å²) in [6.07, 6.45) is 0.791. The summed E-state index contributed by atoms with van der Waals surface area (Å²) in [4.78, 5) is 27.8. The molecule has 32 heavy (non-hydrogen) atoms. The molecule has 2 atom stereocenters. The van der Waals surface area contributed by atoms with Gasteiger partial charge in [-0.05, 0) is 60.5 Å². The average Bonchev–Trinajstić information content (AvgIpc) is 3.30. The van der Waals surface area contributed by atoms with Crippen LogP contribution in [0.4, 0.5) is 5.69 Å². The monoisotopic (exact) mass is 489 g/mol. The maximum Gasteiger partial charge on any atom is 0.300 e. The van der Waals surface area contributed by atoms with Gasteiger partial charge in [0.2, 0.25) is 0 Å². The second-order valence-electron chi connectivity index (χ2n) is 8.01. The highest BCUT2D eigenvalue weighted by atomic mass is 79.9. The highest BCUT2D eigenvalue weighted by Gasteiger charge is 2.47. The largest absolute Gasteiger partial charge is 0.507 e. The van der Waals surface area contributed by atoms with Gasteiger partial charge in [0, 0.05) is 22.1 Å². The summed E-state index contributed by atoms with van der Waals surface area (Å²) < 4.78 is 6.63. The van der Waals surface area contributed by atoms with Gasteiger partial charge in [-0.3, -0.25) is 14.5 Å². The average molecular weight is 490 g/mol. The fourth-order valence-corrected chi connectivity index (χ4v) is 4.64. The predicted octanol–water partition coefficient (Wildman–Crippen LogP) is 5.40. The summed E-state index contributed by atoms with van der Waals surface area (Å²) in [5.41, 5.74) is 2.87. The molecule has 0 bridgehead atoms. The van der Waals surface area contributed by atoms with E-state index in [9.17, 15) is 14.7 Å². The Balaban J connectivity index is 1.69. The van der Waals surface area contributed by atoms with Crippen molar-refractivity contribution < 1.29 is 19.4 Å². The van der Waals surface area contributed by atoms with E-state index in [2.05, 4.69) is 15.9 Å². The van der Waals surface area contributed by atoms with Crippen molar-refractivity contribution in [2.75, 3.05) is 4.90 Å². The second kappa shape index (κ2) is 7.95. The Bertz CT molecular complexity index is 1250. The first kappa shape index (κ1) is 20.5. The van der Waals surface area contributed by atoms with Crippen LogP contribution in [-0.2, 0) is 16.0 Å². The second-order valence-corrected chi connectivity index (χ2v) is 8.93. The Morgan fingerprint density at radius 1 is 1.03 bits per heavy atom. The minimum atomic E-state index is -0.742. The zero-order valence-corrected chi connectivity index (χ0v) is 18.9. The van der Waals surface area contributed by atoms with Crippen LogP contribution in [0.1, 0.15) is 29.7 Å². The number of carbonyl (C=O) groups is 2. The number of benzene rings is 3. The number of carbonyl (C=O) groups excluding carboxylic acids is 2. The highest BCUT2D eigenvalue weighted by molar-refractivity contribution is 9.10. The van der Waals surface area contributed by atoms with E-state index in [-0.39, 0.29) is 17.4 Å². The van der Waals surface area contributed by atoms with Gasteiger partial charge in [0.15, 0.2) is 0 Å². The lowest BCUT2D eigenvalue weighted by atomic mass is 9.94. The topological polar surface area (TPSA) is 66.8 Å². The molecule has 5 nitrogen and oxygen atoms in total. The minimum Gasteiger partial charge on any atom is -0.507 e. The Morgan fingerprint density at radius 3 is 2.47 bits per heavy atom. The van der Waals surface area contributed by atoms with Crippen LogP contribution in [-0.4, -0.2) is 22.9 Å². The molecule has 3 aromatic rings. The molecule has 0 radical (unpaired) electrons. The fraction of sp³-hybridized carbons (Fsp3) is 0.154. The van der Waals surface area contributed by atoms with E-state index >= 15 is 0 Å². The number of ether oxygens (including phenoxy) is 1. The molecule has 0 saturated carbocycles. The van der Waals surface area contributed by atoms with E-state index in [1.165, 1.54) is 4.90 Å². The molecule has 1 saturated heterocycles. The molecule has 1 amide bonds. The van der Waals surface area contributed by atoms with Gasteiger partial charge in [-0.2, -0.15) is 0 Å². The van der Waals surface area contributed by atoms with Crippen molar-refractivity contribution in [1.82, 2.24) is 0 Å². The van der Waals surface area contributed by atoms with Gasteiger partial charge in [-0.25, -0.2) is 0 Å². The van der Waals surface area contributed by atoms with Crippen LogP contribution in [0.5, 0.6) is 5.75 Å². The number of amides is 1. The lowest BCUT2D eigenvalue weighted by Crippen LogP contribution is -2.29. The van der Waals surface area contributed by atoms with Crippen LogP contribution in [0.2, 0.25) is 0 Å². The number of hydrogen-bond donors (Lipinski definition) is 1. The van der Waals surface area contributed by atoms with Gasteiger partial charge in [0.25, 0.3) is 11.7 Å². The lowest BCUT2D eigenvalue weighted by Gasteiger charge is -2.25. The number of hydrogen-bond acceptors (Lipinski definition) is 4. The number of ketones is 1. The molecule has 3 aromatic carbocycles. The number of aliphatic hydroxyl groups is 1. The van der Waals surface area contributed by atoms with E-state index < -0.39 is 17.7 Å². The zero-order valence-electron chi connectivity index (χ0n) is 17.3. The maximum absolute atomic E-state index is 13.2. The predicted molar refractivity (Wildman–Crippen MR) is 126 cm³/mol. The Morgan fingerprint density at radius 2 is 1.75 bits per heavy atom. The summed E-state index contributed by atoms with van der Waals surface area (Å²) in [5.74, 6) is -0.770. The van der Waals surface area contributed by atoms with Crippen LogP contribution < -0.4 is 9.64 Å². The van der Waals surface area contributed by atoms with E-state index in [0.29, 0.717) is 11.3 Å². The first-order valence-electron chi connectivity index (χ1n) is 10.4. The van der Waals surface area contributed by atoms with Crippen molar-refractivity contribution >= 4 is 39.1 Å². The number of para-hydroxylation sites is 1. The molecule has 2 heterocycles. The van der Waals surface area contributed by atoms with Crippen LogP contribution >= 0.6 is 15.9 Å². The number of anilines is 1. The van der Waals surface area contributed by atoms with Gasteiger partial charge < -0.3 is 9.84 Å². The van der Waals surface area contributed by atoms with Crippen molar-refractivity contribution in [2.24, 2.45) is 0 Å². The van der Waals surface area contributed by atoms with Crippen LogP contribution in [0.3, 0.4) is 0 Å². The minimum absolute atomic E-state index is 0.0637. The lowest BCUT2D eigenvalue weighted by molar-refractivity contribution is -0.132. The van der Waals surface area contributed by atoms with Gasteiger partial charge >= 0.3 is 0 Å². The normalized spacial score (nSPS) is 21.5. The number of rotatable bonds is 3. The third-order valence-corrected chi connectivity index (χ3v) is 6.36. The smallest absolute Gasteiger partial charge is 0.300 e. The standard InChI is InChI=1S/C26H20BrNO4/c1-15-13-18-14-17(9-12-21(18)32-15)24(29)22-23(16-7-10-19(27)11-8-16)28(26(31)25(22)30)20-5-3-2-4-6-20/h2-12,14-15,23,29H,13H2,1H3/b24-22-. The van der Waals surface area contributed by atoms with Crippen molar-refractivity contribution in [2.45, 2.75) is 25.5 Å². The zero-order chi connectivity index (χ0) is 22.4. The van der Waals surface area contributed by atoms with Gasteiger partial charge in [-0.1, -0.05) is 46.3 Å². The van der Waals surface area contributed by atoms with Crippen molar-refractivity contribution in [3.05, 3.63) is 99.5 Å². The molecule has 1 fully saturated rings. The van der Waals surface area contributed by atoms with Crippen molar-refractivity contribution in [3.63, 3.8) is 0 Å². The molecular formula is C26H20BrNO4. The number of halogens is 1. The molecule has 160 valence electrons. The van der Waals surface area contributed by atoms with Crippen molar-refractivity contribution in [3.8, 4) is 5.75 Å². The number of fused-ring (bicyclic) bond motifs is 1. The molecular weight excluding hydrogens is 470 g/mol. The van der Waals surface area contributed by atoms with Crippen LogP contribution in [0, 0.1) is 0 Å². The first-order chi connectivity index (χ1) is 15.4. The molecule has 2 unspecified atom stereocenters. The van der Waals surface area contributed by atoms with E-state index in [0.717, 1.165) is 27.8 Å². The third-order valence-electron chi connectivity index (χ3n) is 5.83.